The minimum atomic E-state index is 0.736. The van der Waals surface area contributed by atoms with Gasteiger partial charge in [0.2, 0.25) is 0 Å². The van der Waals surface area contributed by atoms with E-state index in [2.05, 4.69) is 44.5 Å². The molecule has 0 spiro atoms. The Balaban J connectivity index is 2.10. The van der Waals surface area contributed by atoms with Crippen LogP contribution in [-0.4, -0.2) is 35.1 Å². The largest absolute Gasteiger partial charge is 0.333 e. The van der Waals surface area contributed by atoms with E-state index in [4.69, 9.17) is 11.6 Å². The maximum absolute atomic E-state index is 6.01. The van der Waals surface area contributed by atoms with E-state index in [1.54, 1.807) is 0 Å². The van der Waals surface area contributed by atoms with Gasteiger partial charge in [-0.05, 0) is 47.7 Å². The van der Waals surface area contributed by atoms with Crippen molar-refractivity contribution in [3.05, 3.63) is 51.5 Å². The van der Waals surface area contributed by atoms with Crippen LogP contribution in [0.3, 0.4) is 0 Å². The first kappa shape index (κ1) is 14.6. The molecule has 0 radical (unpaired) electrons. The third-order valence-electron chi connectivity index (χ3n) is 2.94. The quantitative estimate of drug-likeness (QED) is 0.830. The number of aromatic nitrogens is 2. The second-order valence-electron chi connectivity index (χ2n) is 4.77. The van der Waals surface area contributed by atoms with Gasteiger partial charge in [-0.25, -0.2) is 4.98 Å². The fourth-order valence-corrected chi connectivity index (χ4v) is 2.39. The number of imidazole rings is 1. The first-order valence-corrected chi connectivity index (χ1v) is 7.32. The van der Waals surface area contributed by atoms with Crippen LogP contribution in [0.15, 0.2) is 35.1 Å². The smallest absolute Gasteiger partial charge is 0.113 e. The molecule has 3 nitrogen and oxygen atoms in total. The van der Waals surface area contributed by atoms with Crippen LogP contribution >= 0.6 is 27.5 Å². The minimum absolute atomic E-state index is 0.736. The fraction of sp³-hybridized carbons (Fsp3) is 0.357. The molecule has 1 aromatic heterocycles. The Kier molecular flexibility index (Phi) is 5.02. The summed E-state index contributed by atoms with van der Waals surface area (Å²) in [6, 6.07) is 6.00. The molecule has 0 aliphatic rings. The van der Waals surface area contributed by atoms with E-state index >= 15 is 0 Å². The molecule has 0 unspecified atom stereocenters. The Morgan fingerprint density at radius 1 is 1.37 bits per heavy atom. The summed E-state index contributed by atoms with van der Waals surface area (Å²) in [5, 5.41) is 0.736. The summed E-state index contributed by atoms with van der Waals surface area (Å²) in [7, 11) is 4.15. The molecule has 0 bridgehead atoms. The van der Waals surface area contributed by atoms with Gasteiger partial charge < -0.3 is 9.47 Å². The summed E-state index contributed by atoms with van der Waals surface area (Å²) < 4.78 is 3.13. The van der Waals surface area contributed by atoms with Crippen LogP contribution in [0.1, 0.15) is 11.4 Å². The second kappa shape index (κ2) is 6.55. The average molecular weight is 343 g/mol. The van der Waals surface area contributed by atoms with Crippen LogP contribution in [0.2, 0.25) is 5.02 Å². The van der Waals surface area contributed by atoms with Crippen molar-refractivity contribution >= 4 is 27.5 Å². The van der Waals surface area contributed by atoms with Crippen molar-refractivity contribution < 1.29 is 0 Å². The van der Waals surface area contributed by atoms with Crippen molar-refractivity contribution in [1.82, 2.24) is 14.5 Å². The third-order valence-corrected chi connectivity index (χ3v) is 4.15. The predicted octanol–water partition coefficient (Wildman–Crippen LogP) is 3.45. The molecule has 0 atom stereocenters. The van der Waals surface area contributed by atoms with E-state index < -0.39 is 0 Å². The van der Waals surface area contributed by atoms with E-state index in [0.717, 1.165) is 34.8 Å². The molecule has 2 rings (SSSR count). The molecule has 0 amide bonds. The lowest BCUT2D eigenvalue weighted by atomic mass is 10.1. The number of rotatable bonds is 5. The van der Waals surface area contributed by atoms with Gasteiger partial charge in [-0.1, -0.05) is 17.7 Å². The van der Waals surface area contributed by atoms with Crippen molar-refractivity contribution in [2.24, 2.45) is 0 Å². The summed E-state index contributed by atoms with van der Waals surface area (Å²) in [4.78, 5) is 6.61. The number of hydrogen-bond donors (Lipinski definition) is 0. The van der Waals surface area contributed by atoms with E-state index in [1.807, 2.05) is 30.6 Å². The Morgan fingerprint density at radius 2 is 2.16 bits per heavy atom. The van der Waals surface area contributed by atoms with Crippen LogP contribution in [-0.2, 0) is 13.0 Å². The molecule has 0 N–H and O–H groups in total. The fourth-order valence-electron chi connectivity index (χ4n) is 1.85. The zero-order valence-electron chi connectivity index (χ0n) is 11.1. The van der Waals surface area contributed by atoms with Crippen molar-refractivity contribution in [2.75, 3.05) is 20.6 Å². The highest BCUT2D eigenvalue weighted by Crippen LogP contribution is 2.24. The standard InChI is InChI=1S/C14H17BrClN3/c1-18(2)7-8-19-6-5-17-14(19)10-11-3-4-13(16)12(15)9-11/h3-6,9H,7-8,10H2,1-2H3. The molecule has 0 fully saturated rings. The summed E-state index contributed by atoms with van der Waals surface area (Å²) in [5.41, 5.74) is 1.20. The van der Waals surface area contributed by atoms with Gasteiger partial charge in [0, 0.05) is 36.4 Å². The van der Waals surface area contributed by atoms with Gasteiger partial charge in [-0.15, -0.1) is 0 Å². The molecule has 0 aliphatic heterocycles. The molecule has 19 heavy (non-hydrogen) atoms. The van der Waals surface area contributed by atoms with Gasteiger partial charge in [0.05, 0.1) is 5.02 Å². The molecule has 5 heteroatoms. The van der Waals surface area contributed by atoms with E-state index in [0.29, 0.717) is 0 Å². The monoisotopic (exact) mass is 341 g/mol. The average Bonchev–Trinajstić information content (AvgIpc) is 2.79. The van der Waals surface area contributed by atoms with Crippen molar-refractivity contribution in [2.45, 2.75) is 13.0 Å². The Labute approximate surface area is 127 Å². The van der Waals surface area contributed by atoms with Gasteiger partial charge in [0.1, 0.15) is 5.82 Å². The first-order valence-electron chi connectivity index (χ1n) is 6.15. The van der Waals surface area contributed by atoms with Crippen LogP contribution in [0.4, 0.5) is 0 Å². The van der Waals surface area contributed by atoms with Gasteiger partial charge in [-0.2, -0.15) is 0 Å². The van der Waals surface area contributed by atoms with Crippen LogP contribution < -0.4 is 0 Å². The summed E-state index contributed by atoms with van der Waals surface area (Å²) >= 11 is 9.46. The van der Waals surface area contributed by atoms with Gasteiger partial charge in [0.25, 0.3) is 0 Å². The molecule has 2 aromatic rings. The summed E-state index contributed by atoms with van der Waals surface area (Å²) in [6.45, 7) is 1.96. The van der Waals surface area contributed by atoms with Gasteiger partial charge in [-0.3, -0.25) is 0 Å². The topological polar surface area (TPSA) is 21.1 Å². The highest BCUT2D eigenvalue weighted by molar-refractivity contribution is 9.10. The molecule has 1 aromatic carbocycles. The molecule has 102 valence electrons. The molecular formula is C14H17BrClN3. The van der Waals surface area contributed by atoms with E-state index in [9.17, 15) is 0 Å². The molecular weight excluding hydrogens is 326 g/mol. The van der Waals surface area contributed by atoms with Crippen molar-refractivity contribution in [3.63, 3.8) is 0 Å². The molecule has 0 aliphatic carbocycles. The van der Waals surface area contributed by atoms with Crippen LogP contribution in [0.25, 0.3) is 0 Å². The highest BCUT2D eigenvalue weighted by atomic mass is 79.9. The molecule has 1 heterocycles. The summed E-state index contributed by atoms with van der Waals surface area (Å²) in [5.74, 6) is 1.08. The molecule has 0 saturated carbocycles. The lowest BCUT2D eigenvalue weighted by Crippen LogP contribution is -2.19. The predicted molar refractivity (Wildman–Crippen MR) is 82.7 cm³/mol. The lowest BCUT2D eigenvalue weighted by molar-refractivity contribution is 0.381. The minimum Gasteiger partial charge on any atom is -0.333 e. The first-order chi connectivity index (χ1) is 9.06. The third kappa shape index (κ3) is 4.06. The Morgan fingerprint density at radius 3 is 2.84 bits per heavy atom. The maximum Gasteiger partial charge on any atom is 0.113 e. The zero-order valence-corrected chi connectivity index (χ0v) is 13.4. The maximum atomic E-state index is 6.01. The van der Waals surface area contributed by atoms with E-state index in [-0.39, 0.29) is 0 Å². The number of halogens is 2. The number of benzene rings is 1. The van der Waals surface area contributed by atoms with Crippen molar-refractivity contribution in [1.29, 1.82) is 0 Å². The Hall–Kier alpha value is -0.840. The highest BCUT2D eigenvalue weighted by Gasteiger charge is 2.06. The zero-order chi connectivity index (χ0) is 13.8. The second-order valence-corrected chi connectivity index (χ2v) is 6.03. The number of likely N-dealkylation sites (N-methyl/N-ethyl adjacent to an activating group) is 1. The summed E-state index contributed by atoms with van der Waals surface area (Å²) in [6.07, 6.45) is 4.70. The van der Waals surface area contributed by atoms with E-state index in [1.165, 1.54) is 5.56 Å². The van der Waals surface area contributed by atoms with Gasteiger partial charge >= 0.3 is 0 Å². The number of nitrogens with zero attached hydrogens (tertiary/aromatic N) is 3. The van der Waals surface area contributed by atoms with Gasteiger partial charge in [0.15, 0.2) is 0 Å². The normalized spacial score (nSPS) is 11.2. The van der Waals surface area contributed by atoms with Crippen molar-refractivity contribution in [3.8, 4) is 0 Å². The number of hydrogen-bond acceptors (Lipinski definition) is 2. The lowest BCUT2D eigenvalue weighted by Gasteiger charge is -2.12. The van der Waals surface area contributed by atoms with Crippen LogP contribution in [0, 0.1) is 0 Å². The SMILES string of the molecule is CN(C)CCn1ccnc1Cc1ccc(Cl)c(Br)c1. The molecule has 0 saturated heterocycles. The Bertz CT molecular complexity index is 551. The van der Waals surface area contributed by atoms with Crippen LogP contribution in [0.5, 0.6) is 0 Å².